The van der Waals surface area contributed by atoms with E-state index in [1.165, 1.54) is 0 Å². The molecule has 2 aromatic heterocycles. The van der Waals surface area contributed by atoms with Crippen molar-refractivity contribution in [2.45, 2.75) is 50.6 Å². The van der Waals surface area contributed by atoms with Gasteiger partial charge in [-0.2, -0.15) is 0 Å². The van der Waals surface area contributed by atoms with Crippen LogP contribution >= 0.6 is 11.6 Å². The molecule has 3 heterocycles. The first-order chi connectivity index (χ1) is 16.6. The number of hydrogen-bond donors (Lipinski definition) is 3. The van der Waals surface area contributed by atoms with E-state index in [-0.39, 0.29) is 29.8 Å². The Hall–Kier alpha value is -3.06. The largest absolute Gasteiger partial charge is 0.371 e. The van der Waals surface area contributed by atoms with Crippen LogP contribution in [0.2, 0.25) is 5.02 Å². The Morgan fingerprint density at radius 3 is 2.38 bits per heavy atom. The number of carbonyl (C=O) groups is 2. The zero-order valence-electron chi connectivity index (χ0n) is 19.1. The number of amides is 2. The van der Waals surface area contributed by atoms with Crippen LogP contribution in [0.5, 0.6) is 0 Å². The number of piperidine rings is 1. The highest BCUT2D eigenvalue weighted by atomic mass is 35.5. The molecule has 2 amide bonds. The van der Waals surface area contributed by atoms with Crippen molar-refractivity contribution in [2.24, 2.45) is 5.92 Å². The van der Waals surface area contributed by atoms with E-state index in [2.05, 4.69) is 25.5 Å². The minimum atomic E-state index is -0.149. The first kappa shape index (κ1) is 22.7. The van der Waals surface area contributed by atoms with E-state index in [1.807, 2.05) is 30.3 Å². The number of H-pyrrole nitrogens is 1. The van der Waals surface area contributed by atoms with Crippen molar-refractivity contribution in [2.75, 3.05) is 18.0 Å². The molecule has 5 rings (SSSR count). The van der Waals surface area contributed by atoms with Gasteiger partial charge in [-0.05, 0) is 62.1 Å². The Morgan fingerprint density at radius 2 is 1.65 bits per heavy atom. The number of aromatic nitrogens is 2. The van der Waals surface area contributed by atoms with E-state index < -0.39 is 0 Å². The number of anilines is 1. The van der Waals surface area contributed by atoms with Gasteiger partial charge in [0.15, 0.2) is 0 Å². The fourth-order valence-corrected chi connectivity index (χ4v) is 5.38. The normalized spacial score (nSPS) is 21.4. The van der Waals surface area contributed by atoms with Crippen molar-refractivity contribution in [1.82, 2.24) is 20.6 Å². The molecule has 1 saturated heterocycles. The molecule has 0 unspecified atom stereocenters. The highest BCUT2D eigenvalue weighted by Gasteiger charge is 2.32. The van der Waals surface area contributed by atoms with Crippen molar-refractivity contribution in [3.05, 3.63) is 59.5 Å². The van der Waals surface area contributed by atoms with Gasteiger partial charge in [-0.3, -0.25) is 14.6 Å². The summed E-state index contributed by atoms with van der Waals surface area (Å²) in [4.78, 5) is 35.6. The van der Waals surface area contributed by atoms with Gasteiger partial charge in [0.05, 0.1) is 0 Å². The maximum absolute atomic E-state index is 13.1. The summed E-state index contributed by atoms with van der Waals surface area (Å²) in [5.41, 5.74) is 2.54. The van der Waals surface area contributed by atoms with Gasteiger partial charge in [0, 0.05) is 65.1 Å². The number of aromatic amines is 1. The summed E-state index contributed by atoms with van der Waals surface area (Å²) in [7, 11) is 0. The van der Waals surface area contributed by atoms with Crippen LogP contribution in [0, 0.1) is 5.92 Å². The van der Waals surface area contributed by atoms with Crippen molar-refractivity contribution in [3.8, 4) is 0 Å². The molecular formula is C26H30ClN5O2. The lowest BCUT2D eigenvalue weighted by Gasteiger charge is -2.36. The van der Waals surface area contributed by atoms with E-state index in [0.717, 1.165) is 68.2 Å². The van der Waals surface area contributed by atoms with Gasteiger partial charge in [-0.1, -0.05) is 24.4 Å². The number of halogens is 1. The molecule has 1 saturated carbocycles. The predicted molar refractivity (Wildman–Crippen MR) is 134 cm³/mol. The highest BCUT2D eigenvalue weighted by Crippen LogP contribution is 2.25. The molecule has 0 radical (unpaired) electrons. The van der Waals surface area contributed by atoms with Crippen LogP contribution in [0.3, 0.4) is 0 Å². The van der Waals surface area contributed by atoms with Crippen LogP contribution in [-0.2, 0) is 4.79 Å². The van der Waals surface area contributed by atoms with Gasteiger partial charge in [-0.15, -0.1) is 0 Å². The smallest absolute Gasteiger partial charge is 0.268 e. The Kier molecular flexibility index (Phi) is 6.72. The zero-order chi connectivity index (χ0) is 23.5. The van der Waals surface area contributed by atoms with Gasteiger partial charge < -0.3 is 20.5 Å². The number of nitrogens with zero attached hydrogens (tertiary/aromatic N) is 2. The van der Waals surface area contributed by atoms with Gasteiger partial charge in [0.1, 0.15) is 5.69 Å². The van der Waals surface area contributed by atoms with Crippen molar-refractivity contribution < 1.29 is 9.59 Å². The van der Waals surface area contributed by atoms with E-state index in [0.29, 0.717) is 10.7 Å². The Bertz CT molecular complexity index is 1160. The SMILES string of the molecule is O=C(N[C@H]1CCCC[C@H]1NC(=O)C1CCN(c2ccncc2)CC1)c1cc2cc(Cl)ccc2[nH]1. The van der Waals surface area contributed by atoms with Crippen LogP contribution in [0.4, 0.5) is 5.69 Å². The summed E-state index contributed by atoms with van der Waals surface area (Å²) < 4.78 is 0. The summed E-state index contributed by atoms with van der Waals surface area (Å²) in [5.74, 6) is -0.0280. The van der Waals surface area contributed by atoms with Gasteiger partial charge in [-0.25, -0.2) is 0 Å². The second-order valence-corrected chi connectivity index (χ2v) is 9.80. The third-order valence-corrected chi connectivity index (χ3v) is 7.37. The third kappa shape index (κ3) is 5.04. The van der Waals surface area contributed by atoms with Gasteiger partial charge in [0.2, 0.25) is 5.91 Å². The molecule has 2 atom stereocenters. The number of hydrogen-bond acceptors (Lipinski definition) is 4. The standard InChI is InChI=1S/C26H30ClN5O2/c27-19-5-6-21-18(15-19)16-24(29-21)26(34)31-23-4-2-1-3-22(23)30-25(33)17-9-13-32(14-10-17)20-7-11-28-12-8-20/h5-8,11-12,15-17,22-23,29H,1-4,9-10,13-14H2,(H,30,33)(H,31,34)/t22-,23+/m1/s1. The first-order valence-electron chi connectivity index (χ1n) is 12.1. The zero-order valence-corrected chi connectivity index (χ0v) is 19.9. The molecule has 3 aromatic rings. The molecule has 3 N–H and O–H groups in total. The highest BCUT2D eigenvalue weighted by molar-refractivity contribution is 6.31. The molecule has 34 heavy (non-hydrogen) atoms. The maximum Gasteiger partial charge on any atom is 0.268 e. The number of fused-ring (bicyclic) bond motifs is 1. The summed E-state index contributed by atoms with van der Waals surface area (Å²) in [6.45, 7) is 1.72. The van der Waals surface area contributed by atoms with Crippen molar-refractivity contribution in [1.29, 1.82) is 0 Å². The number of benzene rings is 1. The minimum absolute atomic E-state index is 0.00909. The average molecular weight is 480 g/mol. The van der Waals surface area contributed by atoms with Crippen LogP contribution in [0.25, 0.3) is 10.9 Å². The molecule has 1 aliphatic heterocycles. The summed E-state index contributed by atoms with van der Waals surface area (Å²) in [6, 6.07) is 11.3. The van der Waals surface area contributed by atoms with Crippen LogP contribution < -0.4 is 15.5 Å². The quantitative estimate of drug-likeness (QED) is 0.509. The summed E-state index contributed by atoms with van der Waals surface area (Å²) in [5, 5.41) is 7.99. The lowest BCUT2D eigenvalue weighted by Crippen LogP contribution is -2.55. The average Bonchev–Trinajstić information content (AvgIpc) is 3.29. The molecule has 178 valence electrons. The summed E-state index contributed by atoms with van der Waals surface area (Å²) in [6.07, 6.45) is 9.11. The van der Waals surface area contributed by atoms with E-state index >= 15 is 0 Å². The second-order valence-electron chi connectivity index (χ2n) is 9.36. The Morgan fingerprint density at radius 1 is 0.941 bits per heavy atom. The summed E-state index contributed by atoms with van der Waals surface area (Å²) >= 11 is 6.07. The maximum atomic E-state index is 13.1. The molecule has 0 spiro atoms. The molecule has 2 aliphatic rings. The third-order valence-electron chi connectivity index (χ3n) is 7.13. The molecule has 1 aromatic carbocycles. The lowest BCUT2D eigenvalue weighted by molar-refractivity contribution is -0.126. The monoisotopic (exact) mass is 479 g/mol. The predicted octanol–water partition coefficient (Wildman–Crippen LogP) is 4.29. The van der Waals surface area contributed by atoms with Crippen molar-refractivity contribution in [3.63, 3.8) is 0 Å². The topological polar surface area (TPSA) is 90.1 Å². The number of carbonyl (C=O) groups excluding carboxylic acids is 2. The second kappa shape index (κ2) is 10.1. The van der Waals surface area contributed by atoms with E-state index in [9.17, 15) is 9.59 Å². The van der Waals surface area contributed by atoms with Crippen molar-refractivity contribution >= 4 is 40.0 Å². The molecule has 8 heteroatoms. The Balaban J connectivity index is 1.18. The first-order valence-corrected chi connectivity index (χ1v) is 12.5. The van der Waals surface area contributed by atoms with Crippen LogP contribution in [0.15, 0.2) is 48.8 Å². The number of pyridine rings is 1. The molecule has 7 nitrogen and oxygen atoms in total. The fraction of sp³-hybridized carbons (Fsp3) is 0.423. The Labute approximate surface area is 204 Å². The van der Waals surface area contributed by atoms with Gasteiger partial charge >= 0.3 is 0 Å². The fourth-order valence-electron chi connectivity index (χ4n) is 5.20. The lowest BCUT2D eigenvalue weighted by atomic mass is 9.88. The molecule has 1 aliphatic carbocycles. The van der Waals surface area contributed by atoms with Crippen LogP contribution in [-0.4, -0.2) is 47.0 Å². The minimum Gasteiger partial charge on any atom is -0.371 e. The van der Waals surface area contributed by atoms with Crippen LogP contribution in [0.1, 0.15) is 49.0 Å². The molecule has 2 fully saturated rings. The van der Waals surface area contributed by atoms with E-state index in [1.54, 1.807) is 18.5 Å². The molecular weight excluding hydrogens is 450 g/mol. The molecule has 0 bridgehead atoms. The number of rotatable bonds is 5. The van der Waals surface area contributed by atoms with E-state index in [4.69, 9.17) is 11.6 Å². The van der Waals surface area contributed by atoms with Gasteiger partial charge in [0.25, 0.3) is 5.91 Å². The number of nitrogens with one attached hydrogen (secondary N) is 3.